The Morgan fingerprint density at radius 3 is 3.15 bits per heavy atom. The lowest BCUT2D eigenvalue weighted by atomic mass is 9.94. The third-order valence-corrected chi connectivity index (χ3v) is 3.60. The van der Waals surface area contributed by atoms with Gasteiger partial charge in [-0.05, 0) is 17.5 Å². The molecule has 1 amide bonds. The Bertz CT molecular complexity index is 622. The number of fused-ring (bicyclic) bond motifs is 1. The first kappa shape index (κ1) is 12.8. The van der Waals surface area contributed by atoms with Crippen molar-refractivity contribution in [1.29, 1.82) is 0 Å². The number of carbonyl (C=O) groups excluding carboxylic acids is 1. The quantitative estimate of drug-likeness (QED) is 0.843. The maximum absolute atomic E-state index is 12.3. The van der Waals surface area contributed by atoms with E-state index in [4.69, 9.17) is 0 Å². The summed E-state index contributed by atoms with van der Waals surface area (Å²) in [5.41, 5.74) is 2.30. The molecule has 1 aliphatic rings. The number of aryl methyl sites for hydroxylation is 1. The van der Waals surface area contributed by atoms with Crippen molar-refractivity contribution in [3.63, 3.8) is 0 Å². The second-order valence-electron chi connectivity index (χ2n) is 4.91. The van der Waals surface area contributed by atoms with Gasteiger partial charge in [-0.2, -0.15) is 0 Å². The third kappa shape index (κ3) is 2.42. The molecule has 20 heavy (non-hydrogen) atoms. The summed E-state index contributed by atoms with van der Waals surface area (Å²) in [6, 6.07) is 7.79. The van der Waals surface area contributed by atoms with Crippen molar-refractivity contribution < 1.29 is 4.79 Å². The molecule has 1 unspecified atom stereocenters. The Morgan fingerprint density at radius 2 is 2.35 bits per heavy atom. The zero-order valence-electron chi connectivity index (χ0n) is 11.3. The van der Waals surface area contributed by atoms with Gasteiger partial charge in [0.2, 0.25) is 5.91 Å². The first-order chi connectivity index (χ1) is 9.75. The largest absolute Gasteiger partial charge is 0.347 e. The number of rotatable bonds is 3. The van der Waals surface area contributed by atoms with E-state index in [9.17, 15) is 4.79 Å². The van der Waals surface area contributed by atoms with Crippen LogP contribution in [0.25, 0.3) is 0 Å². The predicted octanol–water partition coefficient (Wildman–Crippen LogP) is 0.318. The predicted molar refractivity (Wildman–Crippen MR) is 73.7 cm³/mol. The fraction of sp³-hybridized carbons (Fsp3) is 0.357. The van der Waals surface area contributed by atoms with E-state index in [0.29, 0.717) is 6.54 Å². The molecule has 0 fully saturated rings. The highest BCUT2D eigenvalue weighted by Gasteiger charge is 2.25. The van der Waals surface area contributed by atoms with Crippen molar-refractivity contribution in [2.75, 3.05) is 6.54 Å². The van der Waals surface area contributed by atoms with Gasteiger partial charge in [-0.15, -0.1) is 10.2 Å². The monoisotopic (exact) mass is 271 g/mol. The molecule has 1 aliphatic heterocycles. The van der Waals surface area contributed by atoms with Crippen molar-refractivity contribution in [3.8, 4) is 0 Å². The van der Waals surface area contributed by atoms with Gasteiger partial charge < -0.3 is 15.2 Å². The van der Waals surface area contributed by atoms with Crippen molar-refractivity contribution >= 4 is 5.91 Å². The number of nitrogens with one attached hydrogen (secondary N) is 2. The van der Waals surface area contributed by atoms with E-state index in [0.717, 1.165) is 24.4 Å². The second kappa shape index (κ2) is 5.42. The van der Waals surface area contributed by atoms with Crippen molar-refractivity contribution in [2.24, 2.45) is 7.05 Å². The Hall–Kier alpha value is -2.21. The molecule has 1 aromatic heterocycles. The van der Waals surface area contributed by atoms with Crippen LogP contribution in [-0.2, 0) is 24.8 Å². The maximum atomic E-state index is 12.3. The van der Waals surface area contributed by atoms with Crippen LogP contribution in [0.2, 0.25) is 0 Å². The molecule has 3 rings (SSSR count). The van der Waals surface area contributed by atoms with Crippen molar-refractivity contribution in [1.82, 2.24) is 25.4 Å². The Labute approximate surface area is 117 Å². The molecule has 2 heterocycles. The normalized spacial score (nSPS) is 17.6. The Kier molecular flexibility index (Phi) is 3.47. The molecule has 0 aliphatic carbocycles. The molecule has 6 nitrogen and oxygen atoms in total. The molecule has 104 valence electrons. The lowest BCUT2D eigenvalue weighted by molar-refractivity contribution is -0.123. The van der Waals surface area contributed by atoms with Crippen molar-refractivity contribution in [2.45, 2.75) is 19.0 Å². The van der Waals surface area contributed by atoms with Crippen LogP contribution in [0.5, 0.6) is 0 Å². The molecule has 0 radical (unpaired) electrons. The van der Waals surface area contributed by atoms with Crippen molar-refractivity contribution in [3.05, 3.63) is 47.5 Å². The van der Waals surface area contributed by atoms with Gasteiger partial charge in [-0.1, -0.05) is 24.3 Å². The molecule has 0 spiro atoms. The van der Waals surface area contributed by atoms with E-state index >= 15 is 0 Å². The van der Waals surface area contributed by atoms with Gasteiger partial charge in [0, 0.05) is 13.6 Å². The van der Waals surface area contributed by atoms with Crippen LogP contribution in [0, 0.1) is 0 Å². The number of amides is 1. The summed E-state index contributed by atoms with van der Waals surface area (Å²) in [5.74, 6) is 0.711. The van der Waals surface area contributed by atoms with Crippen LogP contribution in [0.3, 0.4) is 0 Å². The van der Waals surface area contributed by atoms with Crippen LogP contribution in [0.4, 0.5) is 0 Å². The summed E-state index contributed by atoms with van der Waals surface area (Å²) in [6.45, 7) is 1.20. The Morgan fingerprint density at radius 1 is 1.50 bits per heavy atom. The first-order valence-electron chi connectivity index (χ1n) is 6.67. The molecule has 1 aromatic carbocycles. The molecule has 2 N–H and O–H groups in total. The Balaban J connectivity index is 1.71. The molecule has 0 saturated heterocycles. The van der Waals surface area contributed by atoms with Crippen LogP contribution in [-0.4, -0.2) is 27.2 Å². The molecule has 0 saturated carbocycles. The van der Waals surface area contributed by atoms with Gasteiger partial charge in [0.1, 0.15) is 12.4 Å². The molecule has 0 bridgehead atoms. The van der Waals surface area contributed by atoms with E-state index in [-0.39, 0.29) is 11.9 Å². The van der Waals surface area contributed by atoms with E-state index in [2.05, 4.69) is 26.9 Å². The van der Waals surface area contributed by atoms with E-state index in [1.165, 1.54) is 5.56 Å². The number of hydrogen-bond acceptors (Lipinski definition) is 4. The zero-order chi connectivity index (χ0) is 13.9. The number of carbonyl (C=O) groups is 1. The summed E-state index contributed by atoms with van der Waals surface area (Å²) < 4.78 is 1.79. The SMILES string of the molecule is Cn1cnnc1CNC(=O)C1NCCc2ccccc21. The lowest BCUT2D eigenvalue weighted by Gasteiger charge is -2.25. The number of benzene rings is 1. The topological polar surface area (TPSA) is 71.8 Å². The standard InChI is InChI=1S/C14H17N5O/c1-19-9-17-18-12(19)8-16-14(20)13-11-5-3-2-4-10(11)6-7-15-13/h2-5,9,13,15H,6-8H2,1H3,(H,16,20). The molecular weight excluding hydrogens is 254 g/mol. The smallest absolute Gasteiger partial charge is 0.242 e. The minimum Gasteiger partial charge on any atom is -0.347 e. The third-order valence-electron chi connectivity index (χ3n) is 3.60. The van der Waals surface area contributed by atoms with E-state index < -0.39 is 0 Å². The fourth-order valence-electron chi connectivity index (χ4n) is 2.47. The summed E-state index contributed by atoms with van der Waals surface area (Å²) in [4.78, 5) is 12.3. The lowest BCUT2D eigenvalue weighted by Crippen LogP contribution is -2.41. The van der Waals surface area contributed by atoms with Crippen LogP contribution < -0.4 is 10.6 Å². The number of aromatic nitrogens is 3. The molecule has 6 heteroatoms. The highest BCUT2D eigenvalue weighted by Crippen LogP contribution is 2.22. The van der Waals surface area contributed by atoms with Gasteiger partial charge in [-0.3, -0.25) is 4.79 Å². The summed E-state index contributed by atoms with van der Waals surface area (Å²) >= 11 is 0. The summed E-state index contributed by atoms with van der Waals surface area (Å²) in [6.07, 6.45) is 2.58. The minimum absolute atomic E-state index is 0.0276. The van der Waals surface area contributed by atoms with Gasteiger partial charge in [0.15, 0.2) is 5.82 Å². The zero-order valence-corrected chi connectivity index (χ0v) is 11.3. The number of nitrogens with zero attached hydrogens (tertiary/aromatic N) is 3. The maximum Gasteiger partial charge on any atom is 0.242 e. The number of hydrogen-bond donors (Lipinski definition) is 2. The van der Waals surface area contributed by atoms with Gasteiger partial charge in [0.25, 0.3) is 0 Å². The van der Waals surface area contributed by atoms with Gasteiger partial charge in [0.05, 0.1) is 6.54 Å². The average molecular weight is 271 g/mol. The fourth-order valence-corrected chi connectivity index (χ4v) is 2.47. The average Bonchev–Trinajstić information content (AvgIpc) is 2.89. The van der Waals surface area contributed by atoms with E-state index in [1.807, 2.05) is 25.2 Å². The summed E-state index contributed by atoms with van der Waals surface area (Å²) in [7, 11) is 1.86. The van der Waals surface area contributed by atoms with E-state index in [1.54, 1.807) is 10.9 Å². The summed E-state index contributed by atoms with van der Waals surface area (Å²) in [5, 5.41) is 13.9. The van der Waals surface area contributed by atoms with Gasteiger partial charge >= 0.3 is 0 Å². The van der Waals surface area contributed by atoms with Crippen LogP contribution >= 0.6 is 0 Å². The van der Waals surface area contributed by atoms with Gasteiger partial charge in [-0.25, -0.2) is 0 Å². The highest BCUT2D eigenvalue weighted by atomic mass is 16.2. The minimum atomic E-state index is -0.284. The second-order valence-corrected chi connectivity index (χ2v) is 4.91. The van der Waals surface area contributed by atoms with Crippen LogP contribution in [0.1, 0.15) is 23.0 Å². The highest BCUT2D eigenvalue weighted by molar-refractivity contribution is 5.83. The first-order valence-corrected chi connectivity index (χ1v) is 6.67. The molecule has 2 aromatic rings. The van der Waals surface area contributed by atoms with Crippen LogP contribution in [0.15, 0.2) is 30.6 Å². The molecule has 1 atom stereocenters. The molecular formula is C14H17N5O.